The second-order valence-electron chi connectivity index (χ2n) is 3.72. The zero-order valence-electron chi connectivity index (χ0n) is 8.28. The summed E-state index contributed by atoms with van der Waals surface area (Å²) in [5.74, 6) is 0. The molecular formula is C11H17ClN2. The van der Waals surface area contributed by atoms with Gasteiger partial charge < -0.3 is 5.32 Å². The van der Waals surface area contributed by atoms with Gasteiger partial charge >= 0.3 is 0 Å². The lowest BCUT2D eigenvalue weighted by Crippen LogP contribution is -2.25. The molecule has 0 bridgehead atoms. The zero-order valence-corrected chi connectivity index (χ0v) is 9.09. The van der Waals surface area contributed by atoms with Crippen molar-refractivity contribution < 1.29 is 0 Å². The molecule has 2 nitrogen and oxygen atoms in total. The summed E-state index contributed by atoms with van der Waals surface area (Å²) in [6.45, 7) is 0.971. The van der Waals surface area contributed by atoms with Crippen LogP contribution in [0.25, 0.3) is 0 Å². The van der Waals surface area contributed by atoms with Crippen LogP contribution in [0.2, 0.25) is 0 Å². The van der Waals surface area contributed by atoms with Gasteiger partial charge in [0.25, 0.3) is 0 Å². The minimum absolute atomic E-state index is 0. The number of hydrogen-bond donors (Lipinski definition) is 1. The summed E-state index contributed by atoms with van der Waals surface area (Å²) in [4.78, 5) is 4.09. The molecule has 0 saturated heterocycles. The Kier molecular flexibility index (Phi) is 4.91. The molecule has 0 radical (unpaired) electrons. The summed E-state index contributed by atoms with van der Waals surface area (Å²) >= 11 is 0. The molecule has 1 aromatic heterocycles. The Balaban J connectivity index is 0.000000980. The molecule has 2 rings (SSSR count). The van der Waals surface area contributed by atoms with Crippen molar-refractivity contribution in [3.05, 3.63) is 30.1 Å². The number of pyridine rings is 1. The molecule has 1 heterocycles. The Hall–Kier alpha value is -0.600. The van der Waals surface area contributed by atoms with E-state index >= 15 is 0 Å². The van der Waals surface area contributed by atoms with Gasteiger partial charge in [0.2, 0.25) is 0 Å². The average molecular weight is 213 g/mol. The highest BCUT2D eigenvalue weighted by molar-refractivity contribution is 5.85. The van der Waals surface area contributed by atoms with Crippen molar-refractivity contribution in [2.75, 3.05) is 0 Å². The molecule has 1 aliphatic rings. The lowest BCUT2D eigenvalue weighted by molar-refractivity contribution is 0.523. The van der Waals surface area contributed by atoms with Crippen LogP contribution in [0.5, 0.6) is 0 Å². The summed E-state index contributed by atoms with van der Waals surface area (Å²) in [5.41, 5.74) is 1.29. The van der Waals surface area contributed by atoms with E-state index in [2.05, 4.69) is 16.4 Å². The van der Waals surface area contributed by atoms with Gasteiger partial charge in [-0.2, -0.15) is 0 Å². The normalized spacial score (nSPS) is 16.6. The van der Waals surface area contributed by atoms with Gasteiger partial charge in [-0.1, -0.05) is 18.9 Å². The third-order valence-electron chi connectivity index (χ3n) is 2.67. The first kappa shape index (κ1) is 11.5. The van der Waals surface area contributed by atoms with Crippen molar-refractivity contribution in [3.63, 3.8) is 0 Å². The van der Waals surface area contributed by atoms with E-state index in [4.69, 9.17) is 0 Å². The standard InChI is InChI=1S/C11H16N2.ClH/c1-2-6-11(5-1)13-9-10-4-3-7-12-8-10;/h3-4,7-8,11,13H,1-2,5-6,9H2;1H. The van der Waals surface area contributed by atoms with Gasteiger partial charge in [0.1, 0.15) is 0 Å². The largest absolute Gasteiger partial charge is 0.310 e. The Morgan fingerprint density at radius 1 is 1.36 bits per heavy atom. The van der Waals surface area contributed by atoms with Crippen LogP contribution >= 0.6 is 12.4 Å². The summed E-state index contributed by atoms with van der Waals surface area (Å²) in [7, 11) is 0. The molecule has 1 fully saturated rings. The highest BCUT2D eigenvalue weighted by atomic mass is 35.5. The minimum atomic E-state index is 0. The van der Waals surface area contributed by atoms with E-state index in [9.17, 15) is 0 Å². The van der Waals surface area contributed by atoms with Gasteiger partial charge in [-0.25, -0.2) is 0 Å². The van der Waals surface area contributed by atoms with Gasteiger partial charge in [-0.05, 0) is 24.5 Å². The second-order valence-corrected chi connectivity index (χ2v) is 3.72. The van der Waals surface area contributed by atoms with Crippen LogP contribution in [0, 0.1) is 0 Å². The maximum Gasteiger partial charge on any atom is 0.0312 e. The van der Waals surface area contributed by atoms with Crippen LogP contribution in [0.1, 0.15) is 31.2 Å². The quantitative estimate of drug-likeness (QED) is 0.833. The Morgan fingerprint density at radius 2 is 2.14 bits per heavy atom. The zero-order chi connectivity index (χ0) is 8.93. The molecule has 1 saturated carbocycles. The van der Waals surface area contributed by atoms with E-state index in [0.717, 1.165) is 12.6 Å². The van der Waals surface area contributed by atoms with E-state index in [1.165, 1.54) is 31.2 Å². The topological polar surface area (TPSA) is 24.9 Å². The predicted molar refractivity (Wildman–Crippen MR) is 60.6 cm³/mol. The molecule has 1 N–H and O–H groups in total. The van der Waals surface area contributed by atoms with Crippen LogP contribution in [-0.2, 0) is 6.54 Å². The predicted octanol–water partition coefficient (Wildman–Crippen LogP) is 2.54. The molecule has 1 aromatic rings. The number of nitrogens with zero attached hydrogens (tertiary/aromatic N) is 1. The van der Waals surface area contributed by atoms with E-state index in [-0.39, 0.29) is 12.4 Å². The SMILES string of the molecule is Cl.c1cncc(CNC2CCCC2)c1. The van der Waals surface area contributed by atoms with Crippen LogP contribution in [0.3, 0.4) is 0 Å². The molecule has 0 aromatic carbocycles. The maximum atomic E-state index is 4.09. The van der Waals surface area contributed by atoms with Gasteiger partial charge in [0.05, 0.1) is 0 Å². The first-order valence-electron chi connectivity index (χ1n) is 5.07. The third-order valence-corrected chi connectivity index (χ3v) is 2.67. The fourth-order valence-corrected chi connectivity index (χ4v) is 1.89. The summed E-state index contributed by atoms with van der Waals surface area (Å²) in [6, 6.07) is 4.86. The van der Waals surface area contributed by atoms with Crippen molar-refractivity contribution in [3.8, 4) is 0 Å². The van der Waals surface area contributed by atoms with Crippen LogP contribution in [-0.4, -0.2) is 11.0 Å². The van der Waals surface area contributed by atoms with E-state index in [1.54, 1.807) is 0 Å². The smallest absolute Gasteiger partial charge is 0.0312 e. The number of rotatable bonds is 3. The van der Waals surface area contributed by atoms with E-state index in [1.807, 2.05) is 18.5 Å². The Morgan fingerprint density at radius 3 is 2.79 bits per heavy atom. The molecule has 0 spiro atoms. The summed E-state index contributed by atoms with van der Waals surface area (Å²) in [5, 5.41) is 3.56. The third kappa shape index (κ3) is 3.28. The molecule has 0 amide bonds. The fraction of sp³-hybridized carbons (Fsp3) is 0.545. The van der Waals surface area contributed by atoms with Crippen LogP contribution in [0.4, 0.5) is 0 Å². The fourth-order valence-electron chi connectivity index (χ4n) is 1.89. The number of hydrogen-bond acceptors (Lipinski definition) is 2. The van der Waals surface area contributed by atoms with Crippen molar-refractivity contribution in [2.45, 2.75) is 38.3 Å². The van der Waals surface area contributed by atoms with Gasteiger partial charge in [0, 0.05) is 25.0 Å². The lowest BCUT2D eigenvalue weighted by Gasteiger charge is -2.10. The van der Waals surface area contributed by atoms with Crippen LogP contribution < -0.4 is 5.32 Å². The van der Waals surface area contributed by atoms with Gasteiger partial charge in [-0.15, -0.1) is 12.4 Å². The van der Waals surface area contributed by atoms with Gasteiger partial charge in [0.15, 0.2) is 0 Å². The first-order chi connectivity index (χ1) is 6.45. The molecule has 0 aliphatic heterocycles. The highest BCUT2D eigenvalue weighted by Crippen LogP contribution is 2.17. The molecule has 1 aliphatic carbocycles. The number of nitrogens with one attached hydrogen (secondary N) is 1. The number of aromatic nitrogens is 1. The average Bonchev–Trinajstić information content (AvgIpc) is 2.69. The first-order valence-corrected chi connectivity index (χ1v) is 5.07. The molecule has 3 heteroatoms. The monoisotopic (exact) mass is 212 g/mol. The maximum absolute atomic E-state index is 4.09. The summed E-state index contributed by atoms with van der Waals surface area (Å²) < 4.78 is 0. The summed E-state index contributed by atoms with van der Waals surface area (Å²) in [6.07, 6.45) is 9.23. The second kappa shape index (κ2) is 5.99. The van der Waals surface area contributed by atoms with Crippen molar-refractivity contribution in [2.24, 2.45) is 0 Å². The lowest BCUT2D eigenvalue weighted by atomic mass is 10.2. The number of halogens is 1. The molecular weight excluding hydrogens is 196 g/mol. The Labute approximate surface area is 91.5 Å². The van der Waals surface area contributed by atoms with Crippen LogP contribution in [0.15, 0.2) is 24.5 Å². The van der Waals surface area contributed by atoms with Gasteiger partial charge in [-0.3, -0.25) is 4.98 Å². The molecule has 14 heavy (non-hydrogen) atoms. The highest BCUT2D eigenvalue weighted by Gasteiger charge is 2.13. The molecule has 78 valence electrons. The Bertz CT molecular complexity index is 245. The minimum Gasteiger partial charge on any atom is -0.310 e. The van der Waals surface area contributed by atoms with E-state index < -0.39 is 0 Å². The van der Waals surface area contributed by atoms with E-state index in [0.29, 0.717) is 0 Å². The van der Waals surface area contributed by atoms with Crippen molar-refractivity contribution >= 4 is 12.4 Å². The molecule has 0 atom stereocenters. The van der Waals surface area contributed by atoms with Crippen molar-refractivity contribution in [1.82, 2.24) is 10.3 Å². The molecule has 0 unspecified atom stereocenters. The van der Waals surface area contributed by atoms with Crippen molar-refractivity contribution in [1.29, 1.82) is 0 Å².